The second kappa shape index (κ2) is 5.05. The first-order valence-corrected chi connectivity index (χ1v) is 7.07. The first kappa shape index (κ1) is 12.8. The Kier molecular flexibility index (Phi) is 3.23. The second-order valence-corrected chi connectivity index (χ2v) is 5.24. The zero-order chi connectivity index (χ0) is 14.1. The summed E-state index contributed by atoms with van der Waals surface area (Å²) in [5.74, 6) is 1.43. The molecule has 0 aliphatic rings. The van der Waals surface area contributed by atoms with Crippen molar-refractivity contribution >= 4 is 22.4 Å². The summed E-state index contributed by atoms with van der Waals surface area (Å²) < 4.78 is 7.25. The maximum Gasteiger partial charge on any atom is 0.291 e. The minimum atomic E-state index is -0.136. The Morgan fingerprint density at radius 3 is 2.90 bits per heavy atom. The normalized spacial score (nSPS) is 12.2. The summed E-state index contributed by atoms with van der Waals surface area (Å²) in [5, 5.41) is 4.19. The van der Waals surface area contributed by atoms with Gasteiger partial charge in [-0.2, -0.15) is 4.52 Å². The Bertz CT molecular complexity index is 866. The number of hydrogen-bond donors (Lipinski definition) is 0. The minimum absolute atomic E-state index is 0.136. The fourth-order valence-corrected chi connectivity index (χ4v) is 2.87. The van der Waals surface area contributed by atoms with Crippen molar-refractivity contribution in [2.75, 3.05) is 7.11 Å². The number of thiazole rings is 1. The van der Waals surface area contributed by atoms with Gasteiger partial charge in [-0.05, 0) is 12.1 Å². The van der Waals surface area contributed by atoms with E-state index in [9.17, 15) is 4.79 Å². The lowest BCUT2D eigenvalue weighted by Crippen LogP contribution is -2.23. The van der Waals surface area contributed by atoms with Gasteiger partial charge in [0.1, 0.15) is 5.75 Å². The predicted octanol–water partition coefficient (Wildman–Crippen LogP) is 1.27. The molecule has 0 amide bonds. The van der Waals surface area contributed by atoms with E-state index in [1.165, 1.54) is 15.9 Å². The highest BCUT2D eigenvalue weighted by molar-refractivity contribution is 7.15. The van der Waals surface area contributed by atoms with Crippen LogP contribution in [0.25, 0.3) is 11.0 Å². The highest BCUT2D eigenvalue weighted by atomic mass is 32.1. The molecule has 102 valence electrons. The molecule has 1 aromatic carbocycles. The van der Waals surface area contributed by atoms with E-state index in [0.717, 1.165) is 17.7 Å². The van der Waals surface area contributed by atoms with Crippen LogP contribution in [0.2, 0.25) is 0 Å². The van der Waals surface area contributed by atoms with Crippen LogP contribution in [-0.4, -0.2) is 21.7 Å². The van der Waals surface area contributed by atoms with Gasteiger partial charge in [-0.3, -0.25) is 4.79 Å². The molecule has 0 fully saturated rings. The van der Waals surface area contributed by atoms with E-state index in [0.29, 0.717) is 15.3 Å². The number of hydrogen-bond acceptors (Lipinski definition) is 5. The molecular weight excluding hydrogens is 274 g/mol. The Balaban J connectivity index is 2.19. The lowest BCUT2D eigenvalue weighted by atomic mass is 10.2. The number of fused-ring (bicyclic) bond motifs is 1. The van der Waals surface area contributed by atoms with Gasteiger partial charge in [0.25, 0.3) is 5.56 Å². The largest absolute Gasteiger partial charge is 0.496 e. The van der Waals surface area contributed by atoms with Crippen LogP contribution in [-0.2, 0) is 6.42 Å². The van der Waals surface area contributed by atoms with Crippen LogP contribution in [0.4, 0.5) is 0 Å². The molecule has 3 aromatic rings. The smallest absolute Gasteiger partial charge is 0.291 e. The molecule has 0 radical (unpaired) electrons. The topological polar surface area (TPSA) is 56.5 Å². The number of benzene rings is 1. The van der Waals surface area contributed by atoms with Crippen LogP contribution in [0.3, 0.4) is 0 Å². The van der Waals surface area contributed by atoms with Crippen LogP contribution in [0, 0.1) is 0 Å². The maximum atomic E-state index is 12.3. The van der Waals surface area contributed by atoms with Gasteiger partial charge in [0.2, 0.25) is 4.96 Å². The molecule has 2 heterocycles. The van der Waals surface area contributed by atoms with Gasteiger partial charge in [0, 0.05) is 12.0 Å². The number of aromatic nitrogens is 3. The predicted molar refractivity (Wildman–Crippen MR) is 78.3 cm³/mol. The molecule has 0 N–H and O–H groups in total. The number of aryl methyl sites for hydroxylation is 1. The van der Waals surface area contributed by atoms with Crippen molar-refractivity contribution in [2.45, 2.75) is 13.3 Å². The molecule has 20 heavy (non-hydrogen) atoms. The summed E-state index contributed by atoms with van der Waals surface area (Å²) >= 11 is 1.34. The van der Waals surface area contributed by atoms with E-state index < -0.39 is 0 Å². The lowest BCUT2D eigenvalue weighted by Gasteiger charge is -2.02. The number of methoxy groups -OCH3 is 1. The fourth-order valence-electron chi connectivity index (χ4n) is 1.95. The zero-order valence-electron chi connectivity index (χ0n) is 11.2. The van der Waals surface area contributed by atoms with E-state index in [4.69, 9.17) is 4.74 Å². The summed E-state index contributed by atoms with van der Waals surface area (Å²) in [6.45, 7) is 1.96. The van der Waals surface area contributed by atoms with Gasteiger partial charge in [-0.15, -0.1) is 5.10 Å². The zero-order valence-corrected chi connectivity index (χ0v) is 12.0. The van der Waals surface area contributed by atoms with E-state index in [1.807, 2.05) is 37.3 Å². The first-order chi connectivity index (χ1) is 9.72. The third-order valence-corrected chi connectivity index (χ3v) is 3.93. The van der Waals surface area contributed by atoms with Gasteiger partial charge in [-0.25, -0.2) is 4.98 Å². The fraction of sp³-hybridized carbons (Fsp3) is 0.214. The van der Waals surface area contributed by atoms with Gasteiger partial charge in [-0.1, -0.05) is 36.5 Å². The van der Waals surface area contributed by atoms with Crippen molar-refractivity contribution in [1.29, 1.82) is 0 Å². The molecule has 0 bridgehead atoms. The third kappa shape index (κ3) is 2.08. The van der Waals surface area contributed by atoms with Crippen LogP contribution >= 0.6 is 11.3 Å². The molecule has 6 heteroatoms. The minimum Gasteiger partial charge on any atom is -0.496 e. The molecule has 0 saturated carbocycles. The van der Waals surface area contributed by atoms with Gasteiger partial charge in [0.15, 0.2) is 5.82 Å². The van der Waals surface area contributed by atoms with Crippen LogP contribution < -0.4 is 14.8 Å². The van der Waals surface area contributed by atoms with Crippen LogP contribution in [0.15, 0.2) is 29.1 Å². The number of para-hydroxylation sites is 1. The van der Waals surface area contributed by atoms with Gasteiger partial charge in [0.05, 0.1) is 11.6 Å². The molecule has 0 unspecified atom stereocenters. The Labute approximate surface area is 119 Å². The summed E-state index contributed by atoms with van der Waals surface area (Å²) in [7, 11) is 1.61. The Morgan fingerprint density at radius 1 is 1.40 bits per heavy atom. The van der Waals surface area contributed by atoms with E-state index in [-0.39, 0.29) is 5.56 Å². The molecule has 0 saturated heterocycles. The standard InChI is InChI=1S/C14H13N3O2S/c1-3-12-15-14-17(16-12)13(18)11(20-14)8-9-6-4-5-7-10(9)19-2/h4-8H,3H2,1-2H3/b11-8-. The molecule has 0 spiro atoms. The number of ether oxygens (including phenoxy) is 1. The molecule has 0 aliphatic heterocycles. The van der Waals surface area contributed by atoms with E-state index in [1.54, 1.807) is 7.11 Å². The van der Waals surface area contributed by atoms with Crippen molar-refractivity contribution in [1.82, 2.24) is 14.6 Å². The second-order valence-electron chi connectivity index (χ2n) is 4.23. The molecule has 5 nitrogen and oxygen atoms in total. The van der Waals surface area contributed by atoms with Crippen molar-refractivity contribution in [3.8, 4) is 5.75 Å². The summed E-state index contributed by atoms with van der Waals surface area (Å²) in [5.41, 5.74) is 0.732. The lowest BCUT2D eigenvalue weighted by molar-refractivity contribution is 0.414. The molecule has 0 aliphatic carbocycles. The number of rotatable bonds is 3. The van der Waals surface area contributed by atoms with Gasteiger partial charge < -0.3 is 4.74 Å². The summed E-state index contributed by atoms with van der Waals surface area (Å²) in [4.78, 5) is 17.2. The molecular formula is C14H13N3O2S. The quantitative estimate of drug-likeness (QED) is 0.728. The van der Waals surface area contributed by atoms with Crippen molar-refractivity contribution in [3.05, 3.63) is 50.5 Å². The van der Waals surface area contributed by atoms with Crippen molar-refractivity contribution < 1.29 is 4.74 Å². The molecule has 2 aromatic heterocycles. The highest BCUT2D eigenvalue weighted by Crippen LogP contribution is 2.17. The monoisotopic (exact) mass is 287 g/mol. The first-order valence-electron chi connectivity index (χ1n) is 6.26. The average Bonchev–Trinajstić information content (AvgIpc) is 3.00. The third-order valence-electron chi connectivity index (χ3n) is 2.97. The van der Waals surface area contributed by atoms with Crippen LogP contribution in [0.1, 0.15) is 18.3 Å². The average molecular weight is 287 g/mol. The van der Waals surface area contributed by atoms with E-state index >= 15 is 0 Å². The van der Waals surface area contributed by atoms with Crippen LogP contribution in [0.5, 0.6) is 5.75 Å². The Hall–Kier alpha value is -2.21. The molecule has 0 atom stereocenters. The van der Waals surface area contributed by atoms with Crippen molar-refractivity contribution in [3.63, 3.8) is 0 Å². The SMILES string of the molecule is CCc1nc2s/c(=C\c3ccccc3OC)c(=O)n2n1. The highest BCUT2D eigenvalue weighted by Gasteiger charge is 2.09. The maximum absolute atomic E-state index is 12.3. The Morgan fingerprint density at radius 2 is 2.20 bits per heavy atom. The number of nitrogens with zero attached hydrogens (tertiary/aromatic N) is 3. The summed E-state index contributed by atoms with van der Waals surface area (Å²) in [6, 6.07) is 7.57. The van der Waals surface area contributed by atoms with Crippen molar-refractivity contribution in [2.24, 2.45) is 0 Å². The van der Waals surface area contributed by atoms with Gasteiger partial charge >= 0.3 is 0 Å². The molecule has 3 rings (SSSR count). The van der Waals surface area contributed by atoms with E-state index in [2.05, 4.69) is 10.1 Å². The summed E-state index contributed by atoms with van der Waals surface area (Å²) in [6.07, 6.45) is 2.53.